The predicted octanol–water partition coefficient (Wildman–Crippen LogP) is 4.86. The molecule has 4 aromatic rings. The number of hydrogen-bond acceptors (Lipinski definition) is 7. The van der Waals surface area contributed by atoms with Gasteiger partial charge in [-0.25, -0.2) is 4.98 Å². The Hall–Kier alpha value is -4.77. The second-order valence-electron chi connectivity index (χ2n) is 9.87. The Labute approximate surface area is 227 Å². The predicted molar refractivity (Wildman–Crippen MR) is 150 cm³/mol. The number of carbonyl (C=O) groups is 2. The summed E-state index contributed by atoms with van der Waals surface area (Å²) in [5.74, 6) is 0.648. The van der Waals surface area contributed by atoms with E-state index in [9.17, 15) is 9.59 Å². The van der Waals surface area contributed by atoms with Crippen LogP contribution in [0.4, 0.5) is 5.82 Å². The summed E-state index contributed by atoms with van der Waals surface area (Å²) in [7, 11) is 1.65. The number of pyridine rings is 2. The number of nitriles is 1. The minimum absolute atomic E-state index is 0.110. The molecule has 3 heterocycles. The smallest absolute Gasteiger partial charge is 0.290 e. The Morgan fingerprint density at radius 2 is 1.62 bits per heavy atom. The van der Waals surface area contributed by atoms with Gasteiger partial charge in [-0.05, 0) is 49.7 Å². The van der Waals surface area contributed by atoms with Gasteiger partial charge < -0.3 is 14.5 Å². The number of carbonyl (C=O) groups excluding carboxylic acids is 2. The molecule has 0 spiro atoms. The molecule has 2 atom stereocenters. The molecule has 1 aliphatic heterocycles. The van der Waals surface area contributed by atoms with Crippen LogP contribution in [0.25, 0.3) is 33.2 Å². The van der Waals surface area contributed by atoms with Gasteiger partial charge in [0.2, 0.25) is 5.78 Å². The number of para-hydroxylation sites is 1. The number of amides is 1. The number of anilines is 1. The minimum Gasteiger partial charge on any atom is -0.495 e. The summed E-state index contributed by atoms with van der Waals surface area (Å²) in [4.78, 5) is 37.4. The first kappa shape index (κ1) is 25.9. The molecule has 2 aromatic heterocycles. The molecular weight excluding hydrogens is 490 g/mol. The third kappa shape index (κ3) is 4.79. The Morgan fingerprint density at radius 3 is 2.21 bits per heavy atom. The molecule has 8 nitrogen and oxygen atoms in total. The zero-order valence-electron chi connectivity index (χ0n) is 22.4. The second-order valence-corrected chi connectivity index (χ2v) is 9.87. The van der Waals surface area contributed by atoms with Crippen LogP contribution in [-0.4, -0.2) is 58.8 Å². The third-order valence-corrected chi connectivity index (χ3v) is 7.21. The number of methoxy groups -OCH3 is 1. The normalized spacial score (nSPS) is 17.1. The number of benzene rings is 2. The molecule has 1 fully saturated rings. The van der Waals surface area contributed by atoms with Crippen LogP contribution >= 0.6 is 0 Å². The first-order valence-corrected chi connectivity index (χ1v) is 12.8. The molecule has 8 heteroatoms. The summed E-state index contributed by atoms with van der Waals surface area (Å²) in [6, 6.07) is 19.3. The van der Waals surface area contributed by atoms with Crippen molar-refractivity contribution in [1.29, 1.82) is 5.26 Å². The van der Waals surface area contributed by atoms with Gasteiger partial charge in [-0.2, -0.15) is 5.26 Å². The summed E-state index contributed by atoms with van der Waals surface area (Å²) >= 11 is 0. The van der Waals surface area contributed by atoms with Crippen molar-refractivity contribution in [2.45, 2.75) is 32.9 Å². The molecule has 0 radical (unpaired) electrons. The quantitative estimate of drug-likeness (QED) is 0.347. The van der Waals surface area contributed by atoms with E-state index in [1.807, 2.05) is 62.5 Å². The van der Waals surface area contributed by atoms with Gasteiger partial charge in [0, 0.05) is 66.6 Å². The van der Waals surface area contributed by atoms with Crippen molar-refractivity contribution < 1.29 is 14.3 Å². The van der Waals surface area contributed by atoms with Crippen molar-refractivity contribution in [2.75, 3.05) is 25.1 Å². The molecule has 1 saturated heterocycles. The fraction of sp³-hybridized carbons (Fsp3) is 0.258. The number of ether oxygens (including phenoxy) is 1. The maximum absolute atomic E-state index is 12.4. The fourth-order valence-corrected chi connectivity index (χ4v) is 5.41. The first-order chi connectivity index (χ1) is 18.8. The molecule has 5 rings (SSSR count). The number of Topliss-reactive ketones (excluding diaryl/α,β-unsaturated/α-hetero) is 1. The summed E-state index contributed by atoms with van der Waals surface area (Å²) in [6.07, 6.45) is 3.62. The van der Waals surface area contributed by atoms with Crippen LogP contribution in [0.3, 0.4) is 0 Å². The standard InChI is InChI=1S/C31H29N5O3/c1-19-17-35(18-20(2)36(19)31(38)21(3)37)28-13-12-24(15-33-28)27-16-34-29-25(6-5-7-26(29)30(27)39-4)23-10-8-22(14-32)9-11-23/h5-13,15-16,19-20H,17-18H2,1-4H3/t19-,20+. The lowest BCUT2D eigenvalue weighted by Crippen LogP contribution is -2.60. The highest BCUT2D eigenvalue weighted by molar-refractivity contribution is 6.35. The van der Waals surface area contributed by atoms with Gasteiger partial charge >= 0.3 is 0 Å². The zero-order valence-corrected chi connectivity index (χ0v) is 22.4. The molecule has 2 aromatic carbocycles. The van der Waals surface area contributed by atoms with E-state index < -0.39 is 11.7 Å². The molecular formula is C31H29N5O3. The van der Waals surface area contributed by atoms with Crippen molar-refractivity contribution in [3.05, 3.63) is 72.6 Å². The van der Waals surface area contributed by atoms with E-state index in [1.54, 1.807) is 30.3 Å². The van der Waals surface area contributed by atoms with E-state index in [4.69, 9.17) is 20.0 Å². The maximum atomic E-state index is 12.4. The molecule has 0 unspecified atom stereocenters. The topological polar surface area (TPSA) is 99.4 Å². The highest BCUT2D eigenvalue weighted by atomic mass is 16.5. The van der Waals surface area contributed by atoms with Gasteiger partial charge in [0.15, 0.2) is 0 Å². The summed E-state index contributed by atoms with van der Waals surface area (Å²) in [5, 5.41) is 10.0. The van der Waals surface area contributed by atoms with Crippen LogP contribution in [0.1, 0.15) is 26.3 Å². The fourth-order valence-electron chi connectivity index (χ4n) is 5.41. The van der Waals surface area contributed by atoms with Gasteiger partial charge in [-0.1, -0.05) is 24.3 Å². The van der Waals surface area contributed by atoms with Crippen LogP contribution in [0.2, 0.25) is 0 Å². The molecule has 0 aliphatic carbocycles. The van der Waals surface area contributed by atoms with E-state index in [0.717, 1.165) is 39.0 Å². The van der Waals surface area contributed by atoms with E-state index in [1.165, 1.54) is 6.92 Å². The lowest BCUT2D eigenvalue weighted by Gasteiger charge is -2.44. The third-order valence-electron chi connectivity index (χ3n) is 7.21. The van der Waals surface area contributed by atoms with Gasteiger partial charge in [0.1, 0.15) is 11.6 Å². The van der Waals surface area contributed by atoms with Gasteiger partial charge in [-0.3, -0.25) is 14.6 Å². The van der Waals surface area contributed by atoms with Crippen molar-refractivity contribution in [1.82, 2.24) is 14.9 Å². The molecule has 39 heavy (non-hydrogen) atoms. The number of rotatable bonds is 5. The number of hydrogen-bond donors (Lipinski definition) is 0. The number of fused-ring (bicyclic) bond motifs is 1. The SMILES string of the molecule is COc1c(-c2ccc(N3C[C@@H](C)N(C(=O)C(C)=O)[C@@H](C)C3)nc2)cnc2c(-c3ccc(C#N)cc3)cccc12. The molecule has 0 bridgehead atoms. The summed E-state index contributed by atoms with van der Waals surface area (Å²) < 4.78 is 5.88. The number of piperazine rings is 1. The van der Waals surface area contributed by atoms with Gasteiger partial charge in [0.05, 0.1) is 24.3 Å². The van der Waals surface area contributed by atoms with E-state index in [-0.39, 0.29) is 12.1 Å². The Balaban J connectivity index is 1.45. The highest BCUT2D eigenvalue weighted by Crippen LogP contribution is 2.39. The van der Waals surface area contributed by atoms with Gasteiger partial charge in [-0.15, -0.1) is 0 Å². The van der Waals surface area contributed by atoms with Crippen LogP contribution in [0.15, 0.2) is 67.0 Å². The Kier molecular flexibility index (Phi) is 6.99. The van der Waals surface area contributed by atoms with E-state index >= 15 is 0 Å². The highest BCUT2D eigenvalue weighted by Gasteiger charge is 2.34. The number of aromatic nitrogens is 2. The van der Waals surface area contributed by atoms with Crippen molar-refractivity contribution in [2.24, 2.45) is 0 Å². The molecule has 196 valence electrons. The zero-order chi connectivity index (χ0) is 27.7. The second kappa shape index (κ2) is 10.5. The first-order valence-electron chi connectivity index (χ1n) is 12.8. The monoisotopic (exact) mass is 519 g/mol. The Bertz CT molecular complexity index is 1580. The molecule has 0 N–H and O–H groups in total. The van der Waals surface area contributed by atoms with Gasteiger partial charge in [0.25, 0.3) is 5.91 Å². The van der Waals surface area contributed by atoms with Crippen LogP contribution in [-0.2, 0) is 9.59 Å². The van der Waals surface area contributed by atoms with Crippen molar-refractivity contribution >= 4 is 28.4 Å². The Morgan fingerprint density at radius 1 is 0.923 bits per heavy atom. The summed E-state index contributed by atoms with van der Waals surface area (Å²) in [6.45, 7) is 6.41. The van der Waals surface area contributed by atoms with E-state index in [2.05, 4.69) is 11.0 Å². The average molecular weight is 520 g/mol. The summed E-state index contributed by atoms with van der Waals surface area (Å²) in [5.41, 5.74) is 5.06. The van der Waals surface area contributed by atoms with E-state index in [0.29, 0.717) is 24.4 Å². The lowest BCUT2D eigenvalue weighted by molar-refractivity contribution is -0.147. The number of nitrogens with zero attached hydrogens (tertiary/aromatic N) is 5. The lowest BCUT2D eigenvalue weighted by atomic mass is 9.98. The van der Waals surface area contributed by atoms with Crippen molar-refractivity contribution in [3.63, 3.8) is 0 Å². The average Bonchev–Trinajstić information content (AvgIpc) is 2.95. The maximum Gasteiger partial charge on any atom is 0.290 e. The minimum atomic E-state index is -0.438. The van der Waals surface area contributed by atoms with Crippen LogP contribution in [0, 0.1) is 11.3 Å². The molecule has 1 amide bonds. The number of ketones is 1. The largest absolute Gasteiger partial charge is 0.495 e. The van der Waals surface area contributed by atoms with Crippen LogP contribution < -0.4 is 9.64 Å². The molecule has 0 saturated carbocycles. The molecule has 1 aliphatic rings. The van der Waals surface area contributed by atoms with Crippen LogP contribution in [0.5, 0.6) is 5.75 Å². The van der Waals surface area contributed by atoms with Crippen molar-refractivity contribution in [3.8, 4) is 34.1 Å².